The van der Waals surface area contributed by atoms with Crippen molar-refractivity contribution in [3.05, 3.63) is 66.5 Å². The summed E-state index contributed by atoms with van der Waals surface area (Å²) in [6, 6.07) is 11.4. The van der Waals surface area contributed by atoms with Gasteiger partial charge in [-0.15, -0.1) is 0 Å². The molecule has 0 aliphatic carbocycles. The Morgan fingerprint density at radius 3 is 2.84 bits per heavy atom. The van der Waals surface area contributed by atoms with E-state index in [1.807, 2.05) is 43.3 Å². The zero-order valence-corrected chi connectivity index (χ0v) is 21.7. The average molecular weight is 536 g/mol. The summed E-state index contributed by atoms with van der Waals surface area (Å²) in [5.74, 6) is 2.52. The summed E-state index contributed by atoms with van der Waals surface area (Å²) in [4.78, 5) is 31.7. The number of nitrogens with zero attached hydrogens (tertiary/aromatic N) is 6. The number of likely N-dealkylation sites (tertiary alicyclic amines) is 1. The maximum atomic E-state index is 11.3. The van der Waals surface area contributed by atoms with Crippen LogP contribution in [0.15, 0.2) is 64.9 Å². The second kappa shape index (κ2) is 11.5. The summed E-state index contributed by atoms with van der Waals surface area (Å²) in [5, 5.41) is 14.0. The largest absolute Gasteiger partial charge is 0.465 e. The molecule has 1 atom stereocenters. The Morgan fingerprint density at radius 1 is 1.14 bits per heavy atom. The average Bonchev–Trinajstić information content (AvgIpc) is 3.21. The Balaban J connectivity index is 1.37. The molecule has 0 spiro atoms. The number of amides is 1. The third kappa shape index (κ3) is 6.33. The molecule has 5 rings (SSSR count). The van der Waals surface area contributed by atoms with Gasteiger partial charge in [-0.05, 0) is 50.5 Å². The van der Waals surface area contributed by atoms with E-state index in [1.165, 1.54) is 28.2 Å². The van der Waals surface area contributed by atoms with Crippen LogP contribution in [-0.4, -0.2) is 53.5 Å². The van der Waals surface area contributed by atoms with Gasteiger partial charge in [-0.25, -0.2) is 19.7 Å². The van der Waals surface area contributed by atoms with Gasteiger partial charge in [-0.3, -0.25) is 4.98 Å². The molecular weight excluding hydrogens is 510 g/mol. The summed E-state index contributed by atoms with van der Waals surface area (Å²) in [6.07, 6.45) is 6.71. The van der Waals surface area contributed by atoms with Crippen LogP contribution in [0.25, 0.3) is 0 Å². The van der Waals surface area contributed by atoms with Crippen molar-refractivity contribution >= 4 is 40.3 Å². The number of aryl methyl sites for hydroxylation is 1. The van der Waals surface area contributed by atoms with E-state index < -0.39 is 6.09 Å². The molecule has 0 saturated carbocycles. The molecule has 10 nitrogen and oxygen atoms in total. The van der Waals surface area contributed by atoms with Crippen molar-refractivity contribution in [2.24, 2.45) is 0 Å². The monoisotopic (exact) mass is 535 g/mol. The van der Waals surface area contributed by atoms with Gasteiger partial charge in [-0.1, -0.05) is 17.8 Å². The second-order valence-electron chi connectivity index (χ2n) is 8.46. The van der Waals surface area contributed by atoms with Crippen LogP contribution in [0.3, 0.4) is 0 Å². The van der Waals surface area contributed by atoms with Gasteiger partial charge in [0.25, 0.3) is 0 Å². The van der Waals surface area contributed by atoms with Crippen LogP contribution in [0, 0.1) is 6.92 Å². The zero-order chi connectivity index (χ0) is 25.6. The third-order valence-electron chi connectivity index (χ3n) is 5.90. The highest BCUT2D eigenvalue weighted by Gasteiger charge is 2.24. The lowest BCUT2D eigenvalue weighted by Crippen LogP contribution is -2.30. The molecule has 1 aliphatic rings. The molecule has 37 heavy (non-hydrogen) atoms. The lowest BCUT2D eigenvalue weighted by Gasteiger charge is -2.15. The van der Waals surface area contributed by atoms with E-state index in [1.54, 1.807) is 18.6 Å². The molecular formula is C25H25N7O3S2. The molecule has 1 saturated heterocycles. The van der Waals surface area contributed by atoms with Crippen molar-refractivity contribution in [3.63, 3.8) is 0 Å². The number of anilines is 2. The Kier molecular flexibility index (Phi) is 7.76. The fraction of sp³-hybridized carbons (Fsp3) is 0.280. The minimum Gasteiger partial charge on any atom is -0.465 e. The summed E-state index contributed by atoms with van der Waals surface area (Å²) in [7, 11) is 0. The molecule has 4 aromatic rings. The highest BCUT2D eigenvalue weighted by atomic mass is 32.2. The smallest absolute Gasteiger partial charge is 0.407 e. The maximum Gasteiger partial charge on any atom is 0.407 e. The zero-order valence-electron chi connectivity index (χ0n) is 20.1. The van der Waals surface area contributed by atoms with Crippen molar-refractivity contribution in [2.75, 3.05) is 18.4 Å². The molecule has 12 heteroatoms. The number of aromatic nitrogens is 5. The van der Waals surface area contributed by atoms with Gasteiger partial charge in [0.1, 0.15) is 16.6 Å². The van der Waals surface area contributed by atoms with Crippen molar-refractivity contribution in [1.29, 1.82) is 0 Å². The Morgan fingerprint density at radius 2 is 2.03 bits per heavy atom. The third-order valence-corrected chi connectivity index (χ3v) is 7.45. The number of rotatable bonds is 7. The quantitative estimate of drug-likeness (QED) is 0.292. The van der Waals surface area contributed by atoms with E-state index in [-0.39, 0.29) is 5.92 Å². The number of carboxylic acid groups (broad SMARTS) is 1. The molecule has 4 aromatic heterocycles. The van der Waals surface area contributed by atoms with E-state index in [2.05, 4.69) is 24.6 Å². The number of nitrogens with one attached hydrogen (secondary N) is 1. The highest BCUT2D eigenvalue weighted by molar-refractivity contribution is 7.99. The van der Waals surface area contributed by atoms with Gasteiger partial charge in [-0.2, -0.15) is 4.37 Å². The predicted molar refractivity (Wildman–Crippen MR) is 141 cm³/mol. The minimum absolute atomic E-state index is 0.120. The standard InChI is InChI=1S/C25H25N7O3S2/c1-16-19(7-4-11-26-16)35-20-14-18(36-21-8-2-3-10-27-21)15-28-23(20)30-24-29-22(31-37-24)17-6-5-12-32(13-9-17)25(33)34/h2-4,7-8,10-11,14-15,17H,5-6,9,12-13H2,1H3,(H,33,34)(H,28,29,30,31). The minimum atomic E-state index is -0.874. The van der Waals surface area contributed by atoms with Crippen molar-refractivity contribution in [3.8, 4) is 11.5 Å². The lowest BCUT2D eigenvalue weighted by molar-refractivity contribution is 0.147. The molecule has 0 radical (unpaired) electrons. The van der Waals surface area contributed by atoms with Gasteiger partial charge >= 0.3 is 6.09 Å². The molecule has 190 valence electrons. The van der Waals surface area contributed by atoms with E-state index in [0.29, 0.717) is 42.0 Å². The highest BCUT2D eigenvalue weighted by Crippen LogP contribution is 2.37. The Bertz CT molecular complexity index is 1370. The summed E-state index contributed by atoms with van der Waals surface area (Å²) >= 11 is 2.74. The van der Waals surface area contributed by atoms with Crippen LogP contribution < -0.4 is 10.1 Å². The van der Waals surface area contributed by atoms with Crippen molar-refractivity contribution < 1.29 is 14.6 Å². The van der Waals surface area contributed by atoms with Gasteiger partial charge in [0.15, 0.2) is 11.6 Å². The van der Waals surface area contributed by atoms with Gasteiger partial charge in [0.2, 0.25) is 5.13 Å². The summed E-state index contributed by atoms with van der Waals surface area (Å²) < 4.78 is 10.8. The Hall–Kier alpha value is -3.77. The van der Waals surface area contributed by atoms with E-state index in [0.717, 1.165) is 34.3 Å². The molecule has 1 unspecified atom stereocenters. The second-order valence-corrected chi connectivity index (χ2v) is 10.3. The first-order valence-corrected chi connectivity index (χ1v) is 13.4. The maximum absolute atomic E-state index is 11.3. The SMILES string of the molecule is Cc1ncccc1Oc1cc(Sc2ccccn2)cnc1Nc1nc(C2CCCN(C(=O)O)CC2)ns1. The Labute approximate surface area is 222 Å². The molecule has 0 bridgehead atoms. The normalized spacial score (nSPS) is 15.7. The van der Waals surface area contributed by atoms with Crippen LogP contribution in [0.1, 0.15) is 36.7 Å². The van der Waals surface area contributed by atoms with Crippen LogP contribution >= 0.6 is 23.3 Å². The van der Waals surface area contributed by atoms with Crippen LogP contribution in [0.2, 0.25) is 0 Å². The van der Waals surface area contributed by atoms with Crippen LogP contribution in [0.4, 0.5) is 15.7 Å². The van der Waals surface area contributed by atoms with Crippen molar-refractivity contribution in [1.82, 2.24) is 29.2 Å². The molecule has 1 fully saturated rings. The van der Waals surface area contributed by atoms with Gasteiger partial charge in [0, 0.05) is 60.1 Å². The van der Waals surface area contributed by atoms with Crippen molar-refractivity contribution in [2.45, 2.75) is 42.0 Å². The number of carbonyl (C=O) groups is 1. The molecule has 1 aliphatic heterocycles. The fourth-order valence-corrected chi connectivity index (χ4v) is 5.40. The first-order valence-electron chi connectivity index (χ1n) is 11.8. The first kappa shape index (κ1) is 24.9. The van der Waals surface area contributed by atoms with Crippen LogP contribution in [-0.2, 0) is 0 Å². The van der Waals surface area contributed by atoms with E-state index in [9.17, 15) is 9.90 Å². The lowest BCUT2D eigenvalue weighted by atomic mass is 10.0. The van der Waals surface area contributed by atoms with Gasteiger partial charge < -0.3 is 20.1 Å². The summed E-state index contributed by atoms with van der Waals surface area (Å²) in [6.45, 7) is 2.92. The van der Waals surface area contributed by atoms with Gasteiger partial charge in [0.05, 0.1) is 5.69 Å². The number of hydrogen-bond acceptors (Lipinski definition) is 10. The predicted octanol–water partition coefficient (Wildman–Crippen LogP) is 5.97. The number of pyridine rings is 3. The number of hydrogen-bond donors (Lipinski definition) is 2. The topological polar surface area (TPSA) is 126 Å². The first-order chi connectivity index (χ1) is 18.0. The number of ether oxygens (including phenoxy) is 1. The fourth-order valence-electron chi connectivity index (χ4n) is 3.98. The molecule has 1 amide bonds. The molecule has 5 heterocycles. The van der Waals surface area contributed by atoms with Crippen LogP contribution in [0.5, 0.6) is 11.5 Å². The van der Waals surface area contributed by atoms with E-state index in [4.69, 9.17) is 9.72 Å². The molecule has 2 N–H and O–H groups in total. The molecule has 0 aromatic carbocycles. The summed E-state index contributed by atoms with van der Waals surface area (Å²) in [5.41, 5.74) is 0.762. The van der Waals surface area contributed by atoms with E-state index >= 15 is 0 Å².